The fraction of sp³-hybridized carbons (Fsp3) is 0.500. The van der Waals surface area contributed by atoms with Crippen molar-refractivity contribution in [2.24, 2.45) is 0 Å². The number of methoxy groups -OCH3 is 1. The Morgan fingerprint density at radius 2 is 2.06 bits per heavy atom. The molecule has 0 heterocycles. The second kappa shape index (κ2) is 4.02. The van der Waals surface area contributed by atoms with E-state index in [1.165, 1.54) is 11.1 Å². The Kier molecular flexibility index (Phi) is 2.85. The molecule has 1 aromatic carbocycles. The number of ketones is 1. The fourth-order valence-electron chi connectivity index (χ4n) is 2.32. The van der Waals surface area contributed by atoms with Crippen molar-refractivity contribution in [3.63, 3.8) is 0 Å². The molecule has 0 radical (unpaired) electrons. The first-order chi connectivity index (χ1) is 7.54. The van der Waals surface area contributed by atoms with Gasteiger partial charge in [0.05, 0.1) is 6.61 Å². The third kappa shape index (κ3) is 1.90. The lowest BCUT2D eigenvalue weighted by Crippen LogP contribution is -2.23. The van der Waals surface area contributed by atoms with E-state index in [2.05, 4.69) is 26.0 Å². The first-order valence-corrected chi connectivity index (χ1v) is 5.70. The van der Waals surface area contributed by atoms with E-state index in [0.29, 0.717) is 13.0 Å². The second-order valence-electron chi connectivity index (χ2n) is 5.11. The van der Waals surface area contributed by atoms with Crippen molar-refractivity contribution < 1.29 is 9.53 Å². The van der Waals surface area contributed by atoms with Crippen LogP contribution in [0.15, 0.2) is 18.2 Å². The maximum absolute atomic E-state index is 11.5. The van der Waals surface area contributed by atoms with Gasteiger partial charge in [-0.15, -0.1) is 0 Å². The molecule has 1 aromatic rings. The summed E-state index contributed by atoms with van der Waals surface area (Å²) in [4.78, 5) is 11.5. The third-order valence-electron chi connectivity index (χ3n) is 3.31. The van der Waals surface area contributed by atoms with Crippen LogP contribution < -0.4 is 0 Å². The van der Waals surface area contributed by atoms with Crippen molar-refractivity contribution in [3.05, 3.63) is 34.9 Å². The van der Waals surface area contributed by atoms with E-state index in [4.69, 9.17) is 4.74 Å². The molecule has 0 saturated heterocycles. The van der Waals surface area contributed by atoms with E-state index < -0.39 is 0 Å². The summed E-state index contributed by atoms with van der Waals surface area (Å²) in [6.07, 6.45) is 1.56. The van der Waals surface area contributed by atoms with Crippen LogP contribution in [0.4, 0.5) is 0 Å². The number of benzene rings is 1. The lowest BCUT2D eigenvalue weighted by Gasteiger charge is -2.24. The predicted molar refractivity (Wildman–Crippen MR) is 64.0 cm³/mol. The highest BCUT2D eigenvalue weighted by molar-refractivity contribution is 6.00. The van der Waals surface area contributed by atoms with Crippen molar-refractivity contribution in [1.82, 2.24) is 0 Å². The Hall–Kier alpha value is -1.15. The molecule has 1 aliphatic carbocycles. The Labute approximate surface area is 96.6 Å². The first-order valence-electron chi connectivity index (χ1n) is 5.70. The molecule has 0 amide bonds. The monoisotopic (exact) mass is 218 g/mol. The van der Waals surface area contributed by atoms with Gasteiger partial charge in [0.15, 0.2) is 5.78 Å². The minimum atomic E-state index is 0.00934. The van der Waals surface area contributed by atoms with Gasteiger partial charge in [-0.25, -0.2) is 0 Å². The predicted octanol–water partition coefficient (Wildman–Crippen LogP) is 2.74. The largest absolute Gasteiger partial charge is 0.384 e. The molecule has 16 heavy (non-hydrogen) atoms. The quantitative estimate of drug-likeness (QED) is 0.779. The summed E-state index contributed by atoms with van der Waals surface area (Å²) in [6.45, 7) is 5.02. The minimum Gasteiger partial charge on any atom is -0.384 e. The Bertz CT molecular complexity index is 419. The summed E-state index contributed by atoms with van der Waals surface area (Å²) < 4.78 is 5.23. The van der Waals surface area contributed by atoms with E-state index in [-0.39, 0.29) is 11.2 Å². The number of hydrogen-bond donors (Lipinski definition) is 0. The van der Waals surface area contributed by atoms with E-state index in [1.807, 2.05) is 6.07 Å². The molecule has 0 fully saturated rings. The smallest absolute Gasteiger partial charge is 0.163 e. The normalized spacial score (nSPS) is 15.3. The molecule has 0 bridgehead atoms. The van der Waals surface area contributed by atoms with Gasteiger partial charge in [0, 0.05) is 24.5 Å². The number of Topliss-reactive ketones (excluding diaryl/α,β-unsaturated/α-hetero) is 1. The second-order valence-corrected chi connectivity index (χ2v) is 5.11. The van der Waals surface area contributed by atoms with Gasteiger partial charge in [-0.05, 0) is 17.5 Å². The summed E-state index contributed by atoms with van der Waals surface area (Å²) in [6, 6.07) is 6.19. The number of hydrogen-bond acceptors (Lipinski definition) is 2. The molecule has 0 atom stereocenters. The molecular formula is C14H18O2. The molecule has 0 spiro atoms. The van der Waals surface area contributed by atoms with E-state index in [1.54, 1.807) is 7.11 Å². The number of rotatable bonds is 3. The first kappa shape index (κ1) is 11.3. The Morgan fingerprint density at radius 1 is 1.31 bits per heavy atom. The van der Waals surface area contributed by atoms with E-state index in [0.717, 1.165) is 12.0 Å². The summed E-state index contributed by atoms with van der Waals surface area (Å²) in [5, 5.41) is 0. The van der Waals surface area contributed by atoms with Crippen LogP contribution in [-0.4, -0.2) is 19.5 Å². The van der Waals surface area contributed by atoms with E-state index in [9.17, 15) is 4.79 Å². The van der Waals surface area contributed by atoms with Crippen LogP contribution in [-0.2, 0) is 16.6 Å². The van der Waals surface area contributed by atoms with Gasteiger partial charge in [0.25, 0.3) is 0 Å². The summed E-state index contributed by atoms with van der Waals surface area (Å²) in [5.74, 6) is 0.283. The van der Waals surface area contributed by atoms with Gasteiger partial charge in [-0.3, -0.25) is 4.79 Å². The molecule has 0 saturated carbocycles. The van der Waals surface area contributed by atoms with Gasteiger partial charge >= 0.3 is 0 Å². The fourth-order valence-corrected chi connectivity index (χ4v) is 2.32. The van der Waals surface area contributed by atoms with Crippen LogP contribution in [0.5, 0.6) is 0 Å². The highest BCUT2D eigenvalue weighted by atomic mass is 16.5. The van der Waals surface area contributed by atoms with Crippen LogP contribution in [0.3, 0.4) is 0 Å². The maximum atomic E-state index is 11.5. The highest BCUT2D eigenvalue weighted by Crippen LogP contribution is 2.29. The van der Waals surface area contributed by atoms with Crippen LogP contribution in [0.2, 0.25) is 0 Å². The molecule has 2 heteroatoms. The van der Waals surface area contributed by atoms with Gasteiger partial charge in [0.2, 0.25) is 0 Å². The van der Waals surface area contributed by atoms with Crippen LogP contribution in [0, 0.1) is 0 Å². The number of aryl methyl sites for hydroxylation is 1. The lowest BCUT2D eigenvalue weighted by molar-refractivity contribution is 0.0994. The average molecular weight is 218 g/mol. The Morgan fingerprint density at radius 3 is 2.75 bits per heavy atom. The van der Waals surface area contributed by atoms with E-state index >= 15 is 0 Å². The van der Waals surface area contributed by atoms with Gasteiger partial charge in [-0.1, -0.05) is 32.0 Å². The summed E-state index contributed by atoms with van der Waals surface area (Å²) in [7, 11) is 1.72. The zero-order chi connectivity index (χ0) is 11.8. The topological polar surface area (TPSA) is 26.3 Å². The molecule has 86 valence electrons. The average Bonchev–Trinajstić information content (AvgIpc) is 2.60. The summed E-state index contributed by atoms with van der Waals surface area (Å²) in [5.41, 5.74) is 3.38. The SMILES string of the molecule is COCC(C)(C)c1ccc2c(c1)CCC2=O. The van der Waals surface area contributed by atoms with Crippen molar-refractivity contribution in [2.75, 3.05) is 13.7 Å². The maximum Gasteiger partial charge on any atom is 0.163 e. The van der Waals surface area contributed by atoms with Crippen LogP contribution in [0.1, 0.15) is 41.8 Å². The molecular weight excluding hydrogens is 200 g/mol. The molecule has 2 nitrogen and oxygen atoms in total. The van der Waals surface area contributed by atoms with Crippen molar-refractivity contribution >= 4 is 5.78 Å². The third-order valence-corrected chi connectivity index (χ3v) is 3.31. The zero-order valence-electron chi connectivity index (χ0n) is 10.2. The van der Waals surface area contributed by atoms with Crippen molar-refractivity contribution in [2.45, 2.75) is 32.1 Å². The Balaban J connectivity index is 2.35. The zero-order valence-corrected chi connectivity index (χ0v) is 10.2. The molecule has 1 aliphatic rings. The number of ether oxygens (including phenoxy) is 1. The molecule has 0 unspecified atom stereocenters. The van der Waals surface area contributed by atoms with Crippen LogP contribution in [0.25, 0.3) is 0 Å². The molecule has 0 N–H and O–H groups in total. The lowest BCUT2D eigenvalue weighted by atomic mass is 9.84. The number of carbonyl (C=O) groups is 1. The molecule has 0 aliphatic heterocycles. The van der Waals surface area contributed by atoms with Gasteiger partial charge in [-0.2, -0.15) is 0 Å². The van der Waals surface area contributed by atoms with Crippen LogP contribution >= 0.6 is 0 Å². The highest BCUT2D eigenvalue weighted by Gasteiger charge is 2.25. The minimum absolute atomic E-state index is 0.00934. The standard InChI is InChI=1S/C14H18O2/c1-14(2,9-16-3)11-5-6-12-10(8-11)4-7-13(12)15/h5-6,8H,4,7,9H2,1-3H3. The van der Waals surface area contributed by atoms with Crippen molar-refractivity contribution in [3.8, 4) is 0 Å². The van der Waals surface area contributed by atoms with Gasteiger partial charge < -0.3 is 4.74 Å². The summed E-state index contributed by atoms with van der Waals surface area (Å²) >= 11 is 0. The molecule has 0 aromatic heterocycles. The molecule has 2 rings (SSSR count). The number of carbonyl (C=O) groups excluding carboxylic acids is 1. The number of fused-ring (bicyclic) bond motifs is 1. The van der Waals surface area contributed by atoms with Gasteiger partial charge in [0.1, 0.15) is 0 Å². The van der Waals surface area contributed by atoms with Crippen molar-refractivity contribution in [1.29, 1.82) is 0 Å².